The largest absolute Gasteiger partial charge is 0.573 e. The fourth-order valence-corrected chi connectivity index (χ4v) is 2.42. The maximum Gasteiger partial charge on any atom is 0.573 e. The topological polar surface area (TPSA) is 30.5 Å². The van der Waals surface area contributed by atoms with Crippen LogP contribution in [-0.4, -0.2) is 32.2 Å². The van der Waals surface area contributed by atoms with Crippen molar-refractivity contribution in [3.8, 4) is 11.5 Å². The smallest absolute Gasteiger partial charge is 0.480 e. The molecule has 1 aromatic carbocycles. The number of piperidine rings is 1. The minimum absolute atomic E-state index is 0.0597. The molecule has 1 fully saturated rings. The van der Waals surface area contributed by atoms with Crippen LogP contribution in [0, 0.1) is 0 Å². The predicted molar refractivity (Wildman–Crippen MR) is 69.5 cm³/mol. The average Bonchev–Trinajstić information content (AvgIpc) is 2.45. The van der Waals surface area contributed by atoms with Crippen LogP contribution in [0.4, 0.5) is 26.3 Å². The van der Waals surface area contributed by atoms with Gasteiger partial charge in [-0.25, -0.2) is 0 Å². The van der Waals surface area contributed by atoms with E-state index in [9.17, 15) is 26.3 Å². The van der Waals surface area contributed by atoms with Crippen LogP contribution in [0.25, 0.3) is 0 Å². The van der Waals surface area contributed by atoms with Gasteiger partial charge in [0.2, 0.25) is 0 Å². The summed E-state index contributed by atoms with van der Waals surface area (Å²) in [5.74, 6) is -1.28. The van der Waals surface area contributed by atoms with E-state index in [-0.39, 0.29) is 5.92 Å². The molecule has 0 saturated carbocycles. The first-order chi connectivity index (χ1) is 10.6. The van der Waals surface area contributed by atoms with Crippen LogP contribution >= 0.6 is 0 Å². The molecular formula is C14H15F6NO2. The number of rotatable bonds is 4. The molecule has 3 nitrogen and oxygen atoms in total. The van der Waals surface area contributed by atoms with Gasteiger partial charge in [0.1, 0.15) is 0 Å². The third kappa shape index (κ3) is 5.81. The molecule has 0 bridgehead atoms. The van der Waals surface area contributed by atoms with Crippen LogP contribution in [0.1, 0.15) is 24.3 Å². The Balaban J connectivity index is 2.23. The molecule has 130 valence electrons. The Kier molecular flexibility index (Phi) is 5.28. The molecule has 0 radical (unpaired) electrons. The van der Waals surface area contributed by atoms with Gasteiger partial charge in [-0.1, -0.05) is 6.07 Å². The molecule has 2 rings (SSSR count). The summed E-state index contributed by atoms with van der Waals surface area (Å²) in [5, 5.41) is 3.13. The lowest BCUT2D eigenvalue weighted by molar-refractivity contribution is -0.275. The standard InChI is InChI=1S/C14H15F6NO2/c15-13(16,17)8-22-12-7-10(9-3-5-21-6-4-9)1-2-11(12)23-14(18,19)20/h1-2,7,9,21H,3-6,8H2. The molecule has 0 unspecified atom stereocenters. The number of alkyl halides is 6. The van der Waals surface area contributed by atoms with Gasteiger partial charge in [0.15, 0.2) is 18.1 Å². The van der Waals surface area contributed by atoms with Crippen molar-refractivity contribution in [1.29, 1.82) is 0 Å². The molecule has 0 aromatic heterocycles. The molecule has 0 spiro atoms. The van der Waals surface area contributed by atoms with Crippen molar-refractivity contribution in [2.24, 2.45) is 0 Å². The highest BCUT2D eigenvalue weighted by Gasteiger charge is 2.34. The highest BCUT2D eigenvalue weighted by atomic mass is 19.4. The van der Waals surface area contributed by atoms with Gasteiger partial charge in [-0.3, -0.25) is 0 Å². The number of hydrogen-bond donors (Lipinski definition) is 1. The Hall–Kier alpha value is -1.64. The van der Waals surface area contributed by atoms with Crippen LogP contribution in [-0.2, 0) is 0 Å². The van der Waals surface area contributed by atoms with Gasteiger partial charge in [0.05, 0.1) is 0 Å². The Bertz CT molecular complexity index is 523. The Morgan fingerprint density at radius 3 is 2.22 bits per heavy atom. The minimum Gasteiger partial charge on any atom is -0.480 e. The van der Waals surface area contributed by atoms with Crippen LogP contribution in [0.15, 0.2) is 18.2 Å². The highest BCUT2D eigenvalue weighted by molar-refractivity contribution is 5.44. The summed E-state index contributed by atoms with van der Waals surface area (Å²) in [7, 11) is 0. The Labute approximate surface area is 128 Å². The summed E-state index contributed by atoms with van der Waals surface area (Å²) in [6.45, 7) is -0.203. The second-order valence-corrected chi connectivity index (χ2v) is 5.18. The first-order valence-electron chi connectivity index (χ1n) is 6.94. The van der Waals surface area contributed by atoms with Gasteiger partial charge in [-0.05, 0) is 49.5 Å². The molecule has 0 atom stereocenters. The Morgan fingerprint density at radius 1 is 1.00 bits per heavy atom. The lowest BCUT2D eigenvalue weighted by Crippen LogP contribution is -2.26. The zero-order valence-corrected chi connectivity index (χ0v) is 11.9. The van der Waals surface area contributed by atoms with Gasteiger partial charge in [0, 0.05) is 0 Å². The fourth-order valence-electron chi connectivity index (χ4n) is 2.42. The quantitative estimate of drug-likeness (QED) is 0.839. The molecule has 1 aliphatic heterocycles. The number of benzene rings is 1. The van der Waals surface area contributed by atoms with E-state index in [1.807, 2.05) is 0 Å². The SMILES string of the molecule is FC(F)(F)COc1cc(C2CCNCC2)ccc1OC(F)(F)F. The summed E-state index contributed by atoms with van der Waals surface area (Å²) < 4.78 is 82.1. The number of hydrogen-bond acceptors (Lipinski definition) is 3. The summed E-state index contributed by atoms with van der Waals surface area (Å²) in [6, 6.07) is 3.62. The second kappa shape index (κ2) is 6.86. The van der Waals surface area contributed by atoms with Gasteiger partial charge in [-0.2, -0.15) is 13.2 Å². The maximum atomic E-state index is 12.3. The van der Waals surface area contributed by atoms with Crippen molar-refractivity contribution >= 4 is 0 Å². The molecule has 0 aliphatic carbocycles. The molecule has 0 amide bonds. The predicted octanol–water partition coefficient (Wildman–Crippen LogP) is 3.99. The van der Waals surface area contributed by atoms with Crippen molar-refractivity contribution in [3.05, 3.63) is 23.8 Å². The van der Waals surface area contributed by atoms with E-state index in [4.69, 9.17) is 0 Å². The van der Waals surface area contributed by atoms with Crippen LogP contribution in [0.3, 0.4) is 0 Å². The minimum atomic E-state index is -5.01. The van der Waals surface area contributed by atoms with Crippen LogP contribution < -0.4 is 14.8 Å². The molecule has 23 heavy (non-hydrogen) atoms. The van der Waals surface area contributed by atoms with E-state index in [1.54, 1.807) is 0 Å². The fraction of sp³-hybridized carbons (Fsp3) is 0.571. The average molecular weight is 343 g/mol. The first kappa shape index (κ1) is 17.7. The Morgan fingerprint density at radius 2 is 1.65 bits per heavy atom. The summed E-state index contributed by atoms with van der Waals surface area (Å²) in [4.78, 5) is 0. The zero-order chi connectivity index (χ0) is 17.1. The van der Waals surface area contributed by atoms with Crippen molar-refractivity contribution in [2.45, 2.75) is 31.3 Å². The van der Waals surface area contributed by atoms with Crippen molar-refractivity contribution in [1.82, 2.24) is 5.32 Å². The molecule has 1 aliphatic rings. The summed E-state index contributed by atoms with van der Waals surface area (Å²) in [5.41, 5.74) is 0.637. The second-order valence-electron chi connectivity index (χ2n) is 5.18. The maximum absolute atomic E-state index is 12.3. The van der Waals surface area contributed by atoms with Gasteiger partial charge in [0.25, 0.3) is 0 Å². The van der Waals surface area contributed by atoms with E-state index in [2.05, 4.69) is 14.8 Å². The normalized spacial score (nSPS) is 17.1. The number of halogens is 6. The molecule has 1 N–H and O–H groups in total. The van der Waals surface area contributed by atoms with E-state index in [1.165, 1.54) is 12.1 Å². The van der Waals surface area contributed by atoms with Crippen LogP contribution in [0.2, 0.25) is 0 Å². The third-order valence-corrected chi connectivity index (χ3v) is 3.40. The highest BCUT2D eigenvalue weighted by Crippen LogP contribution is 2.37. The molecule has 1 saturated heterocycles. The summed E-state index contributed by atoms with van der Waals surface area (Å²) in [6.07, 6.45) is -8.16. The third-order valence-electron chi connectivity index (χ3n) is 3.40. The van der Waals surface area contributed by atoms with Crippen molar-refractivity contribution in [2.75, 3.05) is 19.7 Å². The number of nitrogens with one attached hydrogen (secondary N) is 1. The monoisotopic (exact) mass is 343 g/mol. The van der Waals surface area contributed by atoms with E-state index >= 15 is 0 Å². The first-order valence-corrected chi connectivity index (χ1v) is 6.94. The van der Waals surface area contributed by atoms with Gasteiger partial charge in [-0.15, -0.1) is 13.2 Å². The molecule has 1 heterocycles. The zero-order valence-electron chi connectivity index (χ0n) is 11.9. The van der Waals surface area contributed by atoms with Crippen LogP contribution in [0.5, 0.6) is 11.5 Å². The molecule has 1 aromatic rings. The summed E-state index contributed by atoms with van der Waals surface area (Å²) >= 11 is 0. The number of ether oxygens (including phenoxy) is 2. The van der Waals surface area contributed by atoms with Crippen molar-refractivity contribution < 1.29 is 35.8 Å². The van der Waals surface area contributed by atoms with E-state index < -0.39 is 30.6 Å². The van der Waals surface area contributed by atoms with Gasteiger partial charge >= 0.3 is 12.5 Å². The van der Waals surface area contributed by atoms with E-state index in [0.717, 1.165) is 32.0 Å². The van der Waals surface area contributed by atoms with E-state index in [0.29, 0.717) is 5.56 Å². The lowest BCUT2D eigenvalue weighted by Gasteiger charge is -2.24. The lowest BCUT2D eigenvalue weighted by atomic mass is 9.90. The molecular weight excluding hydrogens is 328 g/mol. The van der Waals surface area contributed by atoms with Gasteiger partial charge < -0.3 is 14.8 Å². The molecule has 9 heteroatoms. The van der Waals surface area contributed by atoms with Crippen molar-refractivity contribution in [3.63, 3.8) is 0 Å².